The Bertz CT molecular complexity index is 1180. The molecule has 7 heteroatoms. The van der Waals surface area contributed by atoms with Crippen molar-refractivity contribution < 1.29 is 13.9 Å². The first-order chi connectivity index (χ1) is 12.9. The maximum absolute atomic E-state index is 11.9. The minimum absolute atomic E-state index is 0.407. The zero-order valence-electron chi connectivity index (χ0n) is 15.9. The number of carbonyl (C=O) groups is 1. The van der Waals surface area contributed by atoms with Gasteiger partial charge >= 0.3 is 5.97 Å². The molecule has 0 bridgehead atoms. The van der Waals surface area contributed by atoms with Crippen molar-refractivity contribution in [2.75, 3.05) is 7.11 Å². The van der Waals surface area contributed by atoms with Crippen LogP contribution in [-0.2, 0) is 11.8 Å². The zero-order valence-corrected chi connectivity index (χ0v) is 15.9. The quantitative estimate of drug-likeness (QED) is 0.518. The summed E-state index contributed by atoms with van der Waals surface area (Å²) < 4.78 is 14.3. The molecule has 4 heterocycles. The van der Waals surface area contributed by atoms with Crippen molar-refractivity contribution in [2.45, 2.75) is 20.8 Å². The SMILES string of the molecule is COC(=O)c1cc(-c2ccn3ncc(-c4c(C)nn(C)c4C)c3c2)oc1C. The van der Waals surface area contributed by atoms with Gasteiger partial charge in [-0.3, -0.25) is 4.68 Å². The highest BCUT2D eigenvalue weighted by molar-refractivity contribution is 5.92. The lowest BCUT2D eigenvalue weighted by molar-refractivity contribution is 0.0599. The minimum atomic E-state index is -0.407. The molecule has 138 valence electrons. The van der Waals surface area contributed by atoms with Gasteiger partial charge in [0.15, 0.2) is 0 Å². The highest BCUT2D eigenvalue weighted by Gasteiger charge is 2.19. The van der Waals surface area contributed by atoms with Gasteiger partial charge in [0, 0.05) is 35.6 Å². The molecule has 4 aromatic heterocycles. The molecule has 0 amide bonds. The van der Waals surface area contributed by atoms with Gasteiger partial charge < -0.3 is 9.15 Å². The van der Waals surface area contributed by atoms with E-state index in [1.807, 2.05) is 54.6 Å². The third-order valence-electron chi connectivity index (χ3n) is 4.91. The molecule has 0 aliphatic carbocycles. The Labute approximate surface area is 156 Å². The van der Waals surface area contributed by atoms with E-state index in [1.54, 1.807) is 13.0 Å². The number of esters is 1. The smallest absolute Gasteiger partial charge is 0.341 e. The van der Waals surface area contributed by atoms with E-state index in [-0.39, 0.29) is 0 Å². The highest BCUT2D eigenvalue weighted by Crippen LogP contribution is 2.33. The van der Waals surface area contributed by atoms with Crippen LogP contribution in [0.4, 0.5) is 0 Å². The predicted octanol–water partition coefficient (Wildman–Crippen LogP) is 3.71. The first-order valence-electron chi connectivity index (χ1n) is 8.57. The molecule has 0 saturated heterocycles. The largest absolute Gasteiger partial charge is 0.465 e. The maximum Gasteiger partial charge on any atom is 0.341 e. The summed E-state index contributed by atoms with van der Waals surface area (Å²) >= 11 is 0. The summed E-state index contributed by atoms with van der Waals surface area (Å²) in [5, 5.41) is 8.97. The van der Waals surface area contributed by atoms with Gasteiger partial charge in [0.25, 0.3) is 0 Å². The molecule has 0 radical (unpaired) electrons. The lowest BCUT2D eigenvalue weighted by Gasteiger charge is -2.03. The standard InChI is InChI=1S/C20H20N4O3/c1-11-19(12(2)23(4)22-11)16-10-21-24-7-6-14(8-17(16)24)18-9-15(13(3)27-18)20(25)26-5/h6-10H,1-5H3. The molecule has 4 aromatic rings. The van der Waals surface area contributed by atoms with Crippen LogP contribution in [-0.4, -0.2) is 32.5 Å². The van der Waals surface area contributed by atoms with Crippen LogP contribution in [0.2, 0.25) is 0 Å². The Morgan fingerprint density at radius 2 is 2.00 bits per heavy atom. The summed E-state index contributed by atoms with van der Waals surface area (Å²) in [6.45, 7) is 5.79. The van der Waals surface area contributed by atoms with Crippen LogP contribution in [0.3, 0.4) is 0 Å². The van der Waals surface area contributed by atoms with Gasteiger partial charge in [-0.1, -0.05) is 0 Å². The van der Waals surface area contributed by atoms with Gasteiger partial charge in [0.2, 0.25) is 0 Å². The summed E-state index contributed by atoms with van der Waals surface area (Å²) in [6, 6.07) is 5.63. The molecule has 0 aliphatic heterocycles. The fourth-order valence-corrected chi connectivity index (χ4v) is 3.43. The van der Waals surface area contributed by atoms with Crippen molar-refractivity contribution in [1.29, 1.82) is 0 Å². The summed E-state index contributed by atoms with van der Waals surface area (Å²) in [5.41, 5.74) is 6.36. The van der Waals surface area contributed by atoms with E-state index >= 15 is 0 Å². The van der Waals surface area contributed by atoms with Gasteiger partial charge in [-0.15, -0.1) is 0 Å². The summed E-state index contributed by atoms with van der Waals surface area (Å²) in [6.07, 6.45) is 3.73. The van der Waals surface area contributed by atoms with Crippen molar-refractivity contribution in [3.05, 3.63) is 53.3 Å². The van der Waals surface area contributed by atoms with E-state index in [4.69, 9.17) is 9.15 Å². The zero-order chi connectivity index (χ0) is 19.3. The number of nitrogens with zero attached hydrogens (tertiary/aromatic N) is 4. The number of aromatic nitrogens is 4. The Balaban J connectivity index is 1.87. The average molecular weight is 364 g/mol. The second-order valence-electron chi connectivity index (χ2n) is 6.54. The van der Waals surface area contributed by atoms with Crippen LogP contribution in [0.1, 0.15) is 27.5 Å². The molecule has 0 saturated carbocycles. The fraction of sp³-hybridized carbons (Fsp3) is 0.250. The van der Waals surface area contributed by atoms with Gasteiger partial charge in [-0.25, -0.2) is 9.31 Å². The van der Waals surface area contributed by atoms with E-state index in [2.05, 4.69) is 10.2 Å². The summed E-state index contributed by atoms with van der Waals surface area (Å²) in [4.78, 5) is 11.9. The molecule has 7 nitrogen and oxygen atoms in total. The van der Waals surface area contributed by atoms with E-state index in [1.165, 1.54) is 7.11 Å². The summed E-state index contributed by atoms with van der Waals surface area (Å²) in [5.74, 6) is 0.738. The molecule has 0 N–H and O–H groups in total. The molecule has 0 spiro atoms. The number of fused-ring (bicyclic) bond motifs is 1. The van der Waals surface area contributed by atoms with Crippen LogP contribution in [0, 0.1) is 20.8 Å². The number of hydrogen-bond donors (Lipinski definition) is 0. The van der Waals surface area contributed by atoms with Gasteiger partial charge in [0.05, 0.1) is 24.5 Å². The van der Waals surface area contributed by atoms with Crippen molar-refractivity contribution in [3.8, 4) is 22.5 Å². The van der Waals surface area contributed by atoms with Crippen molar-refractivity contribution >= 4 is 11.5 Å². The van der Waals surface area contributed by atoms with Gasteiger partial charge in [-0.05, 0) is 39.0 Å². The fourth-order valence-electron chi connectivity index (χ4n) is 3.43. The van der Waals surface area contributed by atoms with E-state index < -0.39 is 5.97 Å². The Morgan fingerprint density at radius 1 is 1.22 bits per heavy atom. The molecule has 0 unspecified atom stereocenters. The third kappa shape index (κ3) is 2.63. The molecule has 0 atom stereocenters. The maximum atomic E-state index is 11.9. The van der Waals surface area contributed by atoms with Crippen LogP contribution < -0.4 is 0 Å². The predicted molar refractivity (Wildman–Crippen MR) is 101 cm³/mol. The van der Waals surface area contributed by atoms with Gasteiger partial charge in [-0.2, -0.15) is 10.2 Å². The lowest BCUT2D eigenvalue weighted by Crippen LogP contribution is -2.00. The third-order valence-corrected chi connectivity index (χ3v) is 4.91. The van der Waals surface area contributed by atoms with Crippen LogP contribution in [0.5, 0.6) is 0 Å². The number of pyridine rings is 1. The average Bonchev–Trinajstić information content (AvgIpc) is 3.30. The van der Waals surface area contributed by atoms with Crippen LogP contribution in [0.25, 0.3) is 28.0 Å². The number of rotatable bonds is 3. The van der Waals surface area contributed by atoms with E-state index in [9.17, 15) is 4.79 Å². The Morgan fingerprint density at radius 3 is 2.67 bits per heavy atom. The number of aryl methyl sites for hydroxylation is 3. The number of carbonyl (C=O) groups excluding carboxylic acids is 1. The second kappa shape index (κ2) is 6.12. The lowest BCUT2D eigenvalue weighted by atomic mass is 10.0. The summed E-state index contributed by atoms with van der Waals surface area (Å²) in [7, 11) is 3.29. The number of ether oxygens (including phenoxy) is 1. The van der Waals surface area contributed by atoms with Crippen molar-refractivity contribution in [1.82, 2.24) is 19.4 Å². The Hall–Kier alpha value is -3.35. The molecule has 4 rings (SSSR count). The molecular weight excluding hydrogens is 344 g/mol. The van der Waals surface area contributed by atoms with Crippen LogP contribution >= 0.6 is 0 Å². The van der Waals surface area contributed by atoms with Crippen molar-refractivity contribution in [2.24, 2.45) is 7.05 Å². The molecule has 0 aliphatic rings. The van der Waals surface area contributed by atoms with Gasteiger partial charge in [0.1, 0.15) is 17.1 Å². The first-order valence-corrected chi connectivity index (χ1v) is 8.57. The van der Waals surface area contributed by atoms with Crippen molar-refractivity contribution in [3.63, 3.8) is 0 Å². The Kier molecular flexibility index (Phi) is 3.87. The molecule has 0 fully saturated rings. The van der Waals surface area contributed by atoms with E-state index in [0.29, 0.717) is 17.1 Å². The molecule has 27 heavy (non-hydrogen) atoms. The second-order valence-corrected chi connectivity index (χ2v) is 6.54. The molecular formula is C20H20N4O3. The minimum Gasteiger partial charge on any atom is -0.465 e. The normalized spacial score (nSPS) is 11.3. The van der Waals surface area contributed by atoms with E-state index in [0.717, 1.165) is 33.6 Å². The molecule has 0 aromatic carbocycles. The number of furan rings is 1. The first kappa shape index (κ1) is 17.1. The number of hydrogen-bond acceptors (Lipinski definition) is 5. The highest BCUT2D eigenvalue weighted by atomic mass is 16.5. The monoisotopic (exact) mass is 364 g/mol. The van der Waals surface area contributed by atoms with Crippen LogP contribution in [0.15, 0.2) is 35.0 Å². The topological polar surface area (TPSA) is 74.6 Å². The number of methoxy groups -OCH3 is 1.